The van der Waals surface area contributed by atoms with Crippen LogP contribution >= 0.6 is 0 Å². The van der Waals surface area contributed by atoms with Crippen LogP contribution in [0.3, 0.4) is 0 Å². The number of hydrogen-bond donors (Lipinski definition) is 2. The monoisotopic (exact) mass is 438 g/mol. The number of para-hydroxylation sites is 1. The lowest BCUT2D eigenvalue weighted by molar-refractivity contribution is -0.116. The number of hydrogen-bond acceptors (Lipinski definition) is 7. The van der Waals surface area contributed by atoms with Crippen LogP contribution in [0.5, 0.6) is 0 Å². The first-order valence-corrected chi connectivity index (χ1v) is 10.1. The molecule has 0 aliphatic carbocycles. The van der Waals surface area contributed by atoms with Crippen LogP contribution in [0, 0.1) is 0 Å². The first kappa shape index (κ1) is 20.1. The molecule has 0 aliphatic heterocycles. The van der Waals surface area contributed by atoms with Crippen molar-refractivity contribution in [3.05, 3.63) is 96.1 Å². The third-order valence-electron chi connectivity index (χ3n) is 4.88. The highest BCUT2D eigenvalue weighted by atomic mass is 16.2. The van der Waals surface area contributed by atoms with Crippen LogP contribution in [-0.4, -0.2) is 35.2 Å². The second-order valence-electron chi connectivity index (χ2n) is 7.16. The molecule has 33 heavy (non-hydrogen) atoms. The van der Waals surface area contributed by atoms with Crippen molar-refractivity contribution >= 4 is 34.0 Å². The van der Waals surface area contributed by atoms with E-state index in [0.29, 0.717) is 28.2 Å². The Morgan fingerprint density at radius 2 is 1.76 bits per heavy atom. The molecule has 0 fully saturated rings. The second-order valence-corrected chi connectivity index (χ2v) is 7.16. The molecule has 3 heterocycles. The van der Waals surface area contributed by atoms with E-state index in [4.69, 9.17) is 0 Å². The van der Waals surface area contributed by atoms with Crippen molar-refractivity contribution in [2.75, 3.05) is 10.6 Å². The van der Waals surface area contributed by atoms with E-state index in [0.717, 1.165) is 5.69 Å². The average molecular weight is 438 g/mol. The lowest BCUT2D eigenvalue weighted by Gasteiger charge is -2.10. The molecule has 0 unspecified atom stereocenters. The number of amides is 1. The maximum atomic E-state index is 12.6. The molecular weight excluding hydrogens is 420 g/mol. The van der Waals surface area contributed by atoms with Gasteiger partial charge in [0.15, 0.2) is 5.82 Å². The first-order valence-electron chi connectivity index (χ1n) is 10.1. The third kappa shape index (κ3) is 4.44. The lowest BCUT2D eigenvalue weighted by atomic mass is 10.2. The van der Waals surface area contributed by atoms with Gasteiger partial charge in [-0.2, -0.15) is 5.10 Å². The highest BCUT2D eigenvalue weighted by Crippen LogP contribution is 2.18. The number of nitrogens with zero attached hydrogens (tertiary/aromatic N) is 6. The van der Waals surface area contributed by atoms with Crippen molar-refractivity contribution < 1.29 is 4.79 Å². The average Bonchev–Trinajstić information content (AvgIpc) is 3.38. The summed E-state index contributed by atoms with van der Waals surface area (Å²) in [4.78, 5) is 37.7. The summed E-state index contributed by atoms with van der Waals surface area (Å²) in [6.45, 7) is -0.131. The summed E-state index contributed by atoms with van der Waals surface area (Å²) in [5.74, 6) is 0.921. The predicted molar refractivity (Wildman–Crippen MR) is 124 cm³/mol. The van der Waals surface area contributed by atoms with Crippen molar-refractivity contribution in [2.24, 2.45) is 0 Å². The fourth-order valence-corrected chi connectivity index (χ4v) is 3.30. The van der Waals surface area contributed by atoms with Crippen LogP contribution in [0.4, 0.5) is 17.2 Å². The molecule has 0 bridgehead atoms. The number of rotatable bonds is 6. The number of nitrogens with one attached hydrogen (secondary N) is 2. The molecule has 1 amide bonds. The van der Waals surface area contributed by atoms with Crippen molar-refractivity contribution in [3.63, 3.8) is 0 Å². The Hall–Kier alpha value is -4.86. The van der Waals surface area contributed by atoms with E-state index in [-0.39, 0.29) is 18.0 Å². The second kappa shape index (κ2) is 8.71. The summed E-state index contributed by atoms with van der Waals surface area (Å²) in [6.07, 6.45) is 6.31. The predicted octanol–water partition coefficient (Wildman–Crippen LogP) is 2.75. The highest BCUT2D eigenvalue weighted by molar-refractivity contribution is 5.91. The molecular formula is C23H18N8O2. The number of benzene rings is 2. The fraction of sp³-hybridized carbons (Fsp3) is 0.0435. The number of fused-ring (bicyclic) bond motifs is 1. The molecule has 0 aliphatic rings. The summed E-state index contributed by atoms with van der Waals surface area (Å²) >= 11 is 0. The topological polar surface area (TPSA) is 120 Å². The summed E-state index contributed by atoms with van der Waals surface area (Å²) in [6, 6.07) is 17.8. The Labute approximate surface area is 187 Å². The van der Waals surface area contributed by atoms with Crippen LogP contribution in [0.15, 0.2) is 90.5 Å². The van der Waals surface area contributed by atoms with Crippen molar-refractivity contribution in [2.45, 2.75) is 6.54 Å². The van der Waals surface area contributed by atoms with E-state index in [2.05, 4.69) is 30.7 Å². The molecule has 0 saturated heterocycles. The van der Waals surface area contributed by atoms with Gasteiger partial charge >= 0.3 is 0 Å². The molecule has 5 aromatic rings. The highest BCUT2D eigenvalue weighted by Gasteiger charge is 2.09. The van der Waals surface area contributed by atoms with Gasteiger partial charge in [-0.15, -0.1) is 0 Å². The Morgan fingerprint density at radius 3 is 2.58 bits per heavy atom. The Kier molecular flexibility index (Phi) is 5.30. The van der Waals surface area contributed by atoms with E-state index in [1.807, 2.05) is 24.3 Å². The van der Waals surface area contributed by atoms with Gasteiger partial charge < -0.3 is 10.6 Å². The van der Waals surface area contributed by atoms with E-state index in [1.54, 1.807) is 53.5 Å². The number of aromatic nitrogens is 6. The van der Waals surface area contributed by atoms with Gasteiger partial charge in [-0.25, -0.2) is 19.6 Å². The lowest BCUT2D eigenvalue weighted by Crippen LogP contribution is -2.27. The molecule has 2 N–H and O–H groups in total. The largest absolute Gasteiger partial charge is 0.340 e. The minimum atomic E-state index is -0.324. The van der Waals surface area contributed by atoms with E-state index in [1.165, 1.54) is 17.2 Å². The summed E-state index contributed by atoms with van der Waals surface area (Å²) in [5.41, 5.74) is 1.73. The van der Waals surface area contributed by atoms with Gasteiger partial charge in [0.1, 0.15) is 18.7 Å². The van der Waals surface area contributed by atoms with Gasteiger partial charge in [-0.1, -0.05) is 12.1 Å². The van der Waals surface area contributed by atoms with Gasteiger partial charge in [0.05, 0.1) is 17.2 Å². The Balaban J connectivity index is 1.24. The van der Waals surface area contributed by atoms with Crippen LogP contribution < -0.4 is 16.2 Å². The maximum Gasteiger partial charge on any atom is 0.261 e. The summed E-state index contributed by atoms with van der Waals surface area (Å²) in [7, 11) is 0. The van der Waals surface area contributed by atoms with Gasteiger partial charge in [-0.3, -0.25) is 14.2 Å². The SMILES string of the molecule is O=C(Cn1cnc2ccccc2c1=O)Nc1ccc(Nc2cc(-n3cccn3)ncn2)cc1. The van der Waals surface area contributed by atoms with Crippen molar-refractivity contribution in [3.8, 4) is 5.82 Å². The van der Waals surface area contributed by atoms with E-state index >= 15 is 0 Å². The van der Waals surface area contributed by atoms with Crippen molar-refractivity contribution in [1.82, 2.24) is 29.3 Å². The minimum Gasteiger partial charge on any atom is -0.340 e. The van der Waals surface area contributed by atoms with E-state index < -0.39 is 0 Å². The summed E-state index contributed by atoms with van der Waals surface area (Å²) < 4.78 is 2.93. The molecule has 0 spiro atoms. The van der Waals surface area contributed by atoms with Gasteiger partial charge in [0.25, 0.3) is 5.56 Å². The molecule has 3 aromatic heterocycles. The Bertz CT molecular complexity index is 1480. The molecule has 10 nitrogen and oxygen atoms in total. The Morgan fingerprint density at radius 1 is 0.939 bits per heavy atom. The molecule has 0 saturated carbocycles. The molecule has 10 heteroatoms. The first-order chi connectivity index (χ1) is 16.2. The maximum absolute atomic E-state index is 12.6. The third-order valence-corrected chi connectivity index (χ3v) is 4.88. The standard InChI is InChI=1S/C23H18N8O2/c32-22(13-30-15-26-19-5-2-1-4-18(19)23(30)33)29-17-8-6-16(7-9-17)28-20-12-21(25-14-24-20)31-11-3-10-27-31/h1-12,14-15H,13H2,(H,29,32)(H,24,25,28). The molecule has 5 rings (SSSR count). The molecule has 2 aromatic carbocycles. The molecule has 0 radical (unpaired) electrons. The van der Waals surface area contributed by atoms with Gasteiger partial charge in [0.2, 0.25) is 5.91 Å². The number of carbonyl (C=O) groups is 1. The smallest absolute Gasteiger partial charge is 0.261 e. The van der Waals surface area contributed by atoms with Crippen LogP contribution in [0.25, 0.3) is 16.7 Å². The number of carbonyl (C=O) groups excluding carboxylic acids is 1. The fourth-order valence-electron chi connectivity index (χ4n) is 3.30. The minimum absolute atomic E-state index is 0.131. The van der Waals surface area contributed by atoms with Crippen molar-refractivity contribution in [1.29, 1.82) is 0 Å². The number of anilines is 3. The zero-order valence-corrected chi connectivity index (χ0v) is 17.3. The normalized spacial score (nSPS) is 10.8. The molecule has 0 atom stereocenters. The van der Waals surface area contributed by atoms with Gasteiger partial charge in [0, 0.05) is 29.8 Å². The van der Waals surface area contributed by atoms with E-state index in [9.17, 15) is 9.59 Å². The van der Waals surface area contributed by atoms with Crippen LogP contribution in [0.2, 0.25) is 0 Å². The summed E-state index contributed by atoms with van der Waals surface area (Å²) in [5, 5.41) is 10.6. The van der Waals surface area contributed by atoms with Gasteiger partial charge in [-0.05, 0) is 42.5 Å². The zero-order chi connectivity index (χ0) is 22.6. The molecule has 162 valence electrons. The quantitative estimate of drug-likeness (QED) is 0.418. The zero-order valence-electron chi connectivity index (χ0n) is 17.3. The van der Waals surface area contributed by atoms with Crippen LogP contribution in [-0.2, 0) is 11.3 Å². The van der Waals surface area contributed by atoms with Crippen LogP contribution in [0.1, 0.15) is 0 Å².